The smallest absolute Gasteiger partial charge is 0.179 e. The number of hydrogen-bond donors (Lipinski definition) is 4. The highest BCUT2D eigenvalue weighted by atomic mass is 16.6. The molecule has 3 rings (SSSR count). The van der Waals surface area contributed by atoms with Crippen LogP contribution < -0.4 is 0 Å². The standard InChI is InChI=1S/C16H20N2O5/c19-9-12-13(20)14(21)15(22)16(23-12)18-7-6-11(17-18)8-10-4-2-1-3-5-10/h1-7,12-16,19-22H,8-9H2/t12-,13-,14+,15-,16-/m1/s1. The van der Waals surface area contributed by atoms with Crippen LogP contribution in [0.2, 0.25) is 0 Å². The highest BCUT2D eigenvalue weighted by molar-refractivity contribution is 5.20. The molecule has 1 aromatic heterocycles. The first-order valence-corrected chi connectivity index (χ1v) is 7.48. The molecule has 1 aliphatic rings. The summed E-state index contributed by atoms with van der Waals surface area (Å²) < 4.78 is 6.87. The summed E-state index contributed by atoms with van der Waals surface area (Å²) in [6.07, 6.45) is -3.75. The van der Waals surface area contributed by atoms with Gasteiger partial charge in [-0.05, 0) is 11.6 Å². The van der Waals surface area contributed by atoms with Crippen molar-refractivity contribution in [3.8, 4) is 0 Å². The first kappa shape index (κ1) is 16.1. The molecule has 0 aliphatic carbocycles. The lowest BCUT2D eigenvalue weighted by molar-refractivity contribution is -0.253. The molecule has 0 unspecified atom stereocenters. The van der Waals surface area contributed by atoms with Gasteiger partial charge in [-0.3, -0.25) is 0 Å². The van der Waals surface area contributed by atoms with Gasteiger partial charge in [0.25, 0.3) is 0 Å². The van der Waals surface area contributed by atoms with E-state index in [1.807, 2.05) is 30.3 Å². The molecule has 0 radical (unpaired) electrons. The van der Waals surface area contributed by atoms with Gasteiger partial charge in [-0.1, -0.05) is 30.3 Å². The largest absolute Gasteiger partial charge is 0.394 e. The zero-order valence-electron chi connectivity index (χ0n) is 12.4. The summed E-state index contributed by atoms with van der Waals surface area (Å²) in [6, 6.07) is 11.6. The SMILES string of the molecule is OC[C@H]1O[C@@H](n2ccc(Cc3ccccc3)n2)[C@H](O)[C@@H](O)[C@@H]1O. The number of rotatable bonds is 4. The number of ether oxygens (including phenoxy) is 1. The minimum Gasteiger partial charge on any atom is -0.394 e. The van der Waals surface area contributed by atoms with Crippen molar-refractivity contribution in [1.29, 1.82) is 0 Å². The molecule has 0 amide bonds. The van der Waals surface area contributed by atoms with Crippen LogP contribution in [0.3, 0.4) is 0 Å². The number of nitrogens with zero attached hydrogens (tertiary/aromatic N) is 2. The third-order valence-electron chi connectivity index (χ3n) is 4.02. The monoisotopic (exact) mass is 320 g/mol. The van der Waals surface area contributed by atoms with Gasteiger partial charge in [0.05, 0.1) is 12.3 Å². The molecule has 124 valence electrons. The van der Waals surface area contributed by atoms with Crippen molar-refractivity contribution in [2.45, 2.75) is 37.1 Å². The van der Waals surface area contributed by atoms with Crippen LogP contribution in [0.4, 0.5) is 0 Å². The van der Waals surface area contributed by atoms with Gasteiger partial charge in [-0.2, -0.15) is 5.10 Å². The number of aliphatic hydroxyl groups excluding tert-OH is 4. The van der Waals surface area contributed by atoms with Crippen molar-refractivity contribution in [2.75, 3.05) is 6.61 Å². The molecule has 1 aliphatic heterocycles. The molecule has 1 fully saturated rings. The van der Waals surface area contributed by atoms with Gasteiger partial charge >= 0.3 is 0 Å². The molecular weight excluding hydrogens is 300 g/mol. The normalized spacial score (nSPS) is 31.2. The summed E-state index contributed by atoms with van der Waals surface area (Å²) in [7, 11) is 0. The zero-order chi connectivity index (χ0) is 16.4. The first-order chi connectivity index (χ1) is 11.1. The summed E-state index contributed by atoms with van der Waals surface area (Å²) in [5, 5.41) is 43.3. The number of benzene rings is 1. The minimum absolute atomic E-state index is 0.459. The molecule has 2 heterocycles. The third-order valence-corrected chi connectivity index (χ3v) is 4.02. The van der Waals surface area contributed by atoms with Crippen molar-refractivity contribution in [1.82, 2.24) is 9.78 Å². The molecule has 23 heavy (non-hydrogen) atoms. The van der Waals surface area contributed by atoms with E-state index in [1.54, 1.807) is 12.3 Å². The Kier molecular flexibility index (Phi) is 4.74. The summed E-state index contributed by atoms with van der Waals surface area (Å²) in [5.74, 6) is 0. The predicted molar refractivity (Wildman–Crippen MR) is 80.5 cm³/mol. The van der Waals surface area contributed by atoms with E-state index in [0.717, 1.165) is 11.3 Å². The lowest BCUT2D eigenvalue weighted by atomic mass is 9.98. The first-order valence-electron chi connectivity index (χ1n) is 7.48. The maximum Gasteiger partial charge on any atom is 0.179 e. The molecule has 1 aromatic carbocycles. The van der Waals surface area contributed by atoms with Crippen molar-refractivity contribution in [3.63, 3.8) is 0 Å². The van der Waals surface area contributed by atoms with E-state index in [2.05, 4.69) is 5.10 Å². The van der Waals surface area contributed by atoms with Crippen LogP contribution >= 0.6 is 0 Å². The van der Waals surface area contributed by atoms with Crippen LogP contribution in [0, 0.1) is 0 Å². The minimum atomic E-state index is -1.41. The molecule has 7 heteroatoms. The van der Waals surface area contributed by atoms with Crippen LogP contribution in [0.15, 0.2) is 42.6 Å². The molecule has 0 saturated carbocycles. The molecule has 0 spiro atoms. The van der Waals surface area contributed by atoms with E-state index < -0.39 is 37.3 Å². The summed E-state index contributed by atoms with van der Waals surface area (Å²) in [6.45, 7) is -0.459. The molecule has 0 bridgehead atoms. The molecule has 1 saturated heterocycles. The van der Waals surface area contributed by atoms with Crippen LogP contribution in [-0.2, 0) is 11.2 Å². The van der Waals surface area contributed by atoms with E-state index in [9.17, 15) is 20.4 Å². The predicted octanol–water partition coefficient (Wildman–Crippen LogP) is -0.554. The average molecular weight is 320 g/mol. The number of aliphatic hydroxyl groups is 4. The van der Waals surface area contributed by atoms with Gasteiger partial charge in [0.1, 0.15) is 24.4 Å². The Hall–Kier alpha value is -1.77. The lowest BCUT2D eigenvalue weighted by Gasteiger charge is -2.39. The van der Waals surface area contributed by atoms with Gasteiger partial charge in [0, 0.05) is 12.6 Å². The fourth-order valence-electron chi connectivity index (χ4n) is 2.72. The van der Waals surface area contributed by atoms with E-state index >= 15 is 0 Å². The maximum atomic E-state index is 10.1. The molecule has 4 N–H and O–H groups in total. The Morgan fingerprint density at radius 2 is 1.74 bits per heavy atom. The van der Waals surface area contributed by atoms with Crippen molar-refractivity contribution in [3.05, 3.63) is 53.9 Å². The second kappa shape index (κ2) is 6.77. The van der Waals surface area contributed by atoms with E-state index in [1.165, 1.54) is 4.68 Å². The van der Waals surface area contributed by atoms with E-state index in [-0.39, 0.29) is 0 Å². The number of aromatic nitrogens is 2. The summed E-state index contributed by atoms with van der Waals surface area (Å²) in [4.78, 5) is 0. The quantitative estimate of drug-likeness (QED) is 0.602. The molecule has 7 nitrogen and oxygen atoms in total. The topological polar surface area (TPSA) is 108 Å². The van der Waals surface area contributed by atoms with Gasteiger partial charge in [0.2, 0.25) is 0 Å². The Labute approximate surface area is 133 Å². The van der Waals surface area contributed by atoms with Gasteiger partial charge in [0.15, 0.2) is 6.23 Å². The van der Waals surface area contributed by atoms with Crippen LogP contribution in [0.1, 0.15) is 17.5 Å². The second-order valence-corrected chi connectivity index (χ2v) is 5.67. The van der Waals surface area contributed by atoms with E-state index in [4.69, 9.17) is 4.74 Å². The van der Waals surface area contributed by atoms with Gasteiger partial charge in [-0.25, -0.2) is 4.68 Å². The Balaban J connectivity index is 1.76. The van der Waals surface area contributed by atoms with Crippen LogP contribution in [0.25, 0.3) is 0 Å². The Morgan fingerprint density at radius 3 is 2.43 bits per heavy atom. The third kappa shape index (κ3) is 3.29. The Bertz CT molecular complexity index is 630. The van der Waals surface area contributed by atoms with Crippen LogP contribution in [0.5, 0.6) is 0 Å². The fourth-order valence-corrected chi connectivity index (χ4v) is 2.72. The van der Waals surface area contributed by atoms with E-state index in [0.29, 0.717) is 6.42 Å². The maximum absolute atomic E-state index is 10.1. The second-order valence-electron chi connectivity index (χ2n) is 5.67. The molecular formula is C16H20N2O5. The number of hydrogen-bond acceptors (Lipinski definition) is 6. The van der Waals surface area contributed by atoms with Crippen molar-refractivity contribution in [2.24, 2.45) is 0 Å². The summed E-state index contributed by atoms with van der Waals surface area (Å²) in [5.41, 5.74) is 1.89. The van der Waals surface area contributed by atoms with Gasteiger partial charge in [-0.15, -0.1) is 0 Å². The van der Waals surface area contributed by atoms with Crippen LogP contribution in [-0.4, -0.2) is 61.2 Å². The van der Waals surface area contributed by atoms with Crippen molar-refractivity contribution < 1.29 is 25.2 Å². The Morgan fingerprint density at radius 1 is 1.00 bits per heavy atom. The molecule has 2 aromatic rings. The highest BCUT2D eigenvalue weighted by Crippen LogP contribution is 2.28. The zero-order valence-corrected chi connectivity index (χ0v) is 12.4. The molecule has 5 atom stereocenters. The van der Waals surface area contributed by atoms with Gasteiger partial charge < -0.3 is 25.2 Å². The van der Waals surface area contributed by atoms with Crippen molar-refractivity contribution >= 4 is 0 Å². The highest BCUT2D eigenvalue weighted by Gasteiger charge is 2.44. The lowest BCUT2D eigenvalue weighted by Crippen LogP contribution is -2.56. The average Bonchev–Trinajstić information content (AvgIpc) is 3.02. The summed E-state index contributed by atoms with van der Waals surface area (Å²) >= 11 is 0. The fraction of sp³-hybridized carbons (Fsp3) is 0.438.